The van der Waals surface area contributed by atoms with Gasteiger partial charge in [0.1, 0.15) is 5.75 Å². The van der Waals surface area contributed by atoms with Crippen molar-refractivity contribution < 1.29 is 27.6 Å². The molecule has 1 saturated carbocycles. The number of alkyl halides is 3. The van der Waals surface area contributed by atoms with Crippen molar-refractivity contribution in [2.75, 3.05) is 0 Å². The maximum Gasteiger partial charge on any atom is 0.573 e. The molecule has 120 valence electrons. The van der Waals surface area contributed by atoms with Gasteiger partial charge in [-0.3, -0.25) is 14.9 Å². The fourth-order valence-electron chi connectivity index (χ4n) is 2.58. The topological polar surface area (TPSA) is 69.4 Å². The van der Waals surface area contributed by atoms with E-state index in [0.717, 1.165) is 12.1 Å². The molecule has 1 aliphatic carbocycles. The molecule has 22 heavy (non-hydrogen) atoms. The van der Waals surface area contributed by atoms with Crippen molar-refractivity contribution in [2.24, 2.45) is 0 Å². The summed E-state index contributed by atoms with van der Waals surface area (Å²) < 4.78 is 40.8. The zero-order chi connectivity index (χ0) is 16.5. The lowest BCUT2D eigenvalue weighted by Gasteiger charge is -2.28. The van der Waals surface area contributed by atoms with E-state index >= 15 is 0 Å². The maximum atomic E-state index is 12.3. The van der Waals surface area contributed by atoms with E-state index in [9.17, 15) is 28.1 Å². The van der Waals surface area contributed by atoms with Crippen LogP contribution in [-0.2, 0) is 10.3 Å². The van der Waals surface area contributed by atoms with Gasteiger partial charge >= 0.3 is 11.9 Å². The lowest BCUT2D eigenvalue weighted by atomic mass is 9.76. The van der Waals surface area contributed by atoms with Crippen LogP contribution in [0.2, 0.25) is 5.02 Å². The van der Waals surface area contributed by atoms with Crippen LogP contribution in [-0.4, -0.2) is 17.1 Å². The molecule has 1 unspecified atom stereocenters. The van der Waals surface area contributed by atoms with Crippen molar-refractivity contribution in [3.63, 3.8) is 0 Å². The minimum absolute atomic E-state index is 0.0130. The number of hydrogen-bond donors (Lipinski definition) is 0. The molecular weight excluding hydrogens is 327 g/mol. The Kier molecular flexibility index (Phi) is 4.32. The Morgan fingerprint density at radius 3 is 2.55 bits per heavy atom. The molecule has 0 heterocycles. The molecule has 1 aromatic rings. The zero-order valence-corrected chi connectivity index (χ0v) is 11.9. The van der Waals surface area contributed by atoms with Gasteiger partial charge < -0.3 is 4.74 Å². The van der Waals surface area contributed by atoms with Gasteiger partial charge in [-0.2, -0.15) is 0 Å². The highest BCUT2D eigenvalue weighted by molar-refractivity contribution is 6.32. The van der Waals surface area contributed by atoms with E-state index in [1.165, 1.54) is 6.07 Å². The number of benzene rings is 1. The summed E-state index contributed by atoms with van der Waals surface area (Å²) in [6, 6.07) is 3.07. The molecular formula is C13H11ClF3NO4. The number of ketones is 1. The average Bonchev–Trinajstić information content (AvgIpc) is 2.40. The zero-order valence-electron chi connectivity index (χ0n) is 11.2. The Morgan fingerprint density at radius 1 is 1.32 bits per heavy atom. The van der Waals surface area contributed by atoms with Crippen LogP contribution in [0, 0.1) is 10.1 Å². The first-order valence-corrected chi connectivity index (χ1v) is 6.78. The Bertz CT molecular complexity index is 620. The second kappa shape index (κ2) is 5.75. The highest BCUT2D eigenvalue weighted by Gasteiger charge is 2.53. The van der Waals surface area contributed by atoms with Crippen LogP contribution in [0.1, 0.15) is 31.2 Å². The van der Waals surface area contributed by atoms with Crippen LogP contribution in [0.4, 0.5) is 13.2 Å². The van der Waals surface area contributed by atoms with E-state index in [1.807, 2.05) is 0 Å². The minimum Gasteiger partial charge on any atom is -0.404 e. The van der Waals surface area contributed by atoms with Crippen LogP contribution in [0.25, 0.3) is 0 Å². The molecule has 0 aromatic heterocycles. The molecule has 0 N–H and O–H groups in total. The third kappa shape index (κ3) is 3.01. The molecule has 1 aromatic carbocycles. The summed E-state index contributed by atoms with van der Waals surface area (Å²) in [6.07, 6.45) is -4.08. The molecule has 9 heteroatoms. The molecule has 5 nitrogen and oxygen atoms in total. The smallest absolute Gasteiger partial charge is 0.404 e. The van der Waals surface area contributed by atoms with Crippen molar-refractivity contribution in [2.45, 2.75) is 37.6 Å². The third-order valence-electron chi connectivity index (χ3n) is 3.60. The van der Waals surface area contributed by atoms with Gasteiger partial charge in [0.2, 0.25) is 5.78 Å². The quantitative estimate of drug-likeness (QED) is 0.620. The molecule has 1 aliphatic rings. The lowest BCUT2D eigenvalue weighted by Crippen LogP contribution is -2.45. The monoisotopic (exact) mass is 337 g/mol. The number of nitro groups is 1. The minimum atomic E-state index is -4.99. The first kappa shape index (κ1) is 16.5. The fraction of sp³-hybridized carbons (Fsp3) is 0.462. The maximum absolute atomic E-state index is 12.3. The summed E-state index contributed by atoms with van der Waals surface area (Å²) in [6.45, 7) is 0. The Labute approximate surface area is 128 Å². The van der Waals surface area contributed by atoms with Crippen molar-refractivity contribution in [1.29, 1.82) is 0 Å². The van der Waals surface area contributed by atoms with Crippen molar-refractivity contribution in [3.05, 3.63) is 38.9 Å². The average molecular weight is 338 g/mol. The number of ether oxygens (including phenoxy) is 1. The predicted octanol–water partition coefficient (Wildman–Crippen LogP) is 3.85. The van der Waals surface area contributed by atoms with Crippen molar-refractivity contribution >= 4 is 17.4 Å². The highest BCUT2D eigenvalue weighted by atomic mass is 35.5. The first-order chi connectivity index (χ1) is 10.2. The molecule has 0 aliphatic heterocycles. The predicted molar refractivity (Wildman–Crippen MR) is 70.3 cm³/mol. The van der Waals surface area contributed by atoms with Crippen molar-refractivity contribution in [1.82, 2.24) is 0 Å². The first-order valence-electron chi connectivity index (χ1n) is 6.40. The molecule has 0 amide bonds. The van der Waals surface area contributed by atoms with Crippen LogP contribution in [0.15, 0.2) is 18.2 Å². The van der Waals surface area contributed by atoms with Gasteiger partial charge in [-0.15, -0.1) is 13.2 Å². The second-order valence-corrected chi connectivity index (χ2v) is 5.35. The summed E-state index contributed by atoms with van der Waals surface area (Å²) in [5.74, 6) is -1.38. The molecule has 0 radical (unpaired) electrons. The molecule has 0 bridgehead atoms. The Hall–Kier alpha value is -1.83. The van der Waals surface area contributed by atoms with Gasteiger partial charge in [-0.1, -0.05) is 11.6 Å². The number of rotatable bonds is 3. The highest BCUT2D eigenvalue weighted by Crippen LogP contribution is 2.41. The third-order valence-corrected chi connectivity index (χ3v) is 3.91. The second-order valence-electron chi connectivity index (χ2n) is 4.94. The van der Waals surface area contributed by atoms with Gasteiger partial charge in [0.05, 0.1) is 5.02 Å². The number of Topliss-reactive ketones (excluding diaryl/α,β-unsaturated/α-hetero) is 1. The van der Waals surface area contributed by atoms with Gasteiger partial charge in [0, 0.05) is 23.3 Å². The number of hydrogen-bond acceptors (Lipinski definition) is 4. The summed E-state index contributed by atoms with van der Waals surface area (Å²) in [5, 5.41) is 11.1. The van der Waals surface area contributed by atoms with Crippen molar-refractivity contribution in [3.8, 4) is 5.75 Å². The largest absolute Gasteiger partial charge is 0.573 e. The summed E-state index contributed by atoms with van der Waals surface area (Å²) in [4.78, 5) is 22.8. The van der Waals surface area contributed by atoms with Crippen LogP contribution in [0.3, 0.4) is 0 Å². The molecule has 0 saturated heterocycles. The number of nitrogens with zero attached hydrogens (tertiary/aromatic N) is 1. The van der Waals surface area contributed by atoms with E-state index in [1.54, 1.807) is 0 Å². The molecule has 2 rings (SSSR count). The normalized spacial score (nSPS) is 22.5. The number of carbonyl (C=O) groups is 1. The summed E-state index contributed by atoms with van der Waals surface area (Å²) >= 11 is 5.62. The SMILES string of the molecule is O=C1CCCCC1(c1ccc(Cl)c(OC(F)(F)F)c1)[N+](=O)[O-]. The van der Waals surface area contributed by atoms with E-state index in [2.05, 4.69) is 4.74 Å². The van der Waals surface area contributed by atoms with Crippen LogP contribution < -0.4 is 4.74 Å². The van der Waals surface area contributed by atoms with E-state index in [4.69, 9.17) is 11.6 Å². The molecule has 1 fully saturated rings. The van der Waals surface area contributed by atoms with E-state index in [-0.39, 0.29) is 23.4 Å². The standard InChI is InChI=1S/C13H11ClF3NO4/c14-9-5-4-8(7-10(9)22-13(15,16)17)12(18(20)21)6-2-1-3-11(12)19/h4-5,7H,1-3,6H2. The molecule has 1 atom stereocenters. The van der Waals surface area contributed by atoms with Crippen LogP contribution in [0.5, 0.6) is 5.75 Å². The van der Waals surface area contributed by atoms with Gasteiger partial charge in [-0.25, -0.2) is 0 Å². The summed E-state index contributed by atoms with van der Waals surface area (Å²) in [7, 11) is 0. The van der Waals surface area contributed by atoms with Gasteiger partial charge in [0.15, 0.2) is 0 Å². The van der Waals surface area contributed by atoms with E-state index < -0.39 is 28.4 Å². The fourth-order valence-corrected chi connectivity index (χ4v) is 2.74. The lowest BCUT2D eigenvalue weighted by molar-refractivity contribution is -0.563. The number of halogens is 4. The van der Waals surface area contributed by atoms with Gasteiger partial charge in [-0.05, 0) is 31.0 Å². The Morgan fingerprint density at radius 2 is 2.00 bits per heavy atom. The number of carbonyl (C=O) groups excluding carboxylic acids is 1. The molecule has 0 spiro atoms. The van der Waals surface area contributed by atoms with E-state index in [0.29, 0.717) is 12.8 Å². The van der Waals surface area contributed by atoms with Gasteiger partial charge in [0.25, 0.3) is 0 Å². The van der Waals surface area contributed by atoms with Crippen LogP contribution >= 0.6 is 11.6 Å². The summed E-state index contributed by atoms with van der Waals surface area (Å²) in [5.41, 5.74) is -2.18. The Balaban J connectivity index is 2.52.